The molecule has 1 aromatic heterocycles. The molecular formula is C18H23N3O4. The van der Waals surface area contributed by atoms with Gasteiger partial charge in [0.15, 0.2) is 5.82 Å². The first kappa shape index (κ1) is 16.5. The zero-order valence-electron chi connectivity index (χ0n) is 14.1. The number of ether oxygens (including phenoxy) is 2. The van der Waals surface area contributed by atoms with Gasteiger partial charge in [-0.05, 0) is 25.0 Å². The van der Waals surface area contributed by atoms with Crippen LogP contribution in [-0.2, 0) is 11.3 Å². The van der Waals surface area contributed by atoms with Crippen molar-refractivity contribution in [1.29, 1.82) is 0 Å². The van der Waals surface area contributed by atoms with Crippen molar-refractivity contribution in [3.8, 4) is 5.75 Å². The van der Waals surface area contributed by atoms with Crippen LogP contribution in [-0.4, -0.2) is 58.6 Å². The third kappa shape index (κ3) is 4.56. The lowest BCUT2D eigenvalue weighted by atomic mass is 10.1. The predicted molar refractivity (Wildman–Crippen MR) is 89.2 cm³/mol. The number of aliphatic hydroxyl groups excluding tert-OH is 1. The molecule has 7 heteroatoms. The maximum absolute atomic E-state index is 10.1. The molecule has 1 aliphatic carbocycles. The summed E-state index contributed by atoms with van der Waals surface area (Å²) >= 11 is 0. The molecule has 1 saturated carbocycles. The first-order valence-corrected chi connectivity index (χ1v) is 8.78. The van der Waals surface area contributed by atoms with Crippen LogP contribution < -0.4 is 4.74 Å². The minimum absolute atomic E-state index is 0.151. The Bertz CT molecular complexity index is 668. The Kier molecular flexibility index (Phi) is 4.96. The lowest BCUT2D eigenvalue weighted by Gasteiger charge is -2.39. The van der Waals surface area contributed by atoms with Crippen LogP contribution in [0.3, 0.4) is 0 Å². The average Bonchev–Trinajstić information content (AvgIpc) is 3.34. The SMILES string of the molecule is OC(COc1ccccc1)CN1CC(OCc2nc(C3CC3)no2)C1. The summed E-state index contributed by atoms with van der Waals surface area (Å²) in [5.41, 5.74) is 0. The zero-order valence-corrected chi connectivity index (χ0v) is 14.1. The van der Waals surface area contributed by atoms with Crippen LogP contribution in [0.25, 0.3) is 0 Å². The van der Waals surface area contributed by atoms with Gasteiger partial charge in [-0.25, -0.2) is 0 Å². The molecule has 134 valence electrons. The minimum atomic E-state index is -0.516. The largest absolute Gasteiger partial charge is 0.491 e. The molecule has 1 aliphatic heterocycles. The number of nitrogens with zero attached hydrogens (tertiary/aromatic N) is 3. The summed E-state index contributed by atoms with van der Waals surface area (Å²) < 4.78 is 16.5. The van der Waals surface area contributed by atoms with Gasteiger partial charge in [-0.1, -0.05) is 23.4 Å². The number of para-hydroxylation sites is 1. The standard InChI is InChI=1S/C18H23N3O4/c22-14(11-23-15-4-2-1-3-5-15)8-21-9-16(10-21)24-12-17-19-18(20-25-17)13-6-7-13/h1-5,13-14,16,22H,6-12H2. The third-order valence-corrected chi connectivity index (χ3v) is 4.45. The second-order valence-corrected chi connectivity index (χ2v) is 6.75. The van der Waals surface area contributed by atoms with E-state index in [-0.39, 0.29) is 12.7 Å². The molecule has 2 fully saturated rings. The van der Waals surface area contributed by atoms with E-state index >= 15 is 0 Å². The van der Waals surface area contributed by atoms with Crippen LogP contribution >= 0.6 is 0 Å². The molecule has 2 heterocycles. The Morgan fingerprint density at radius 3 is 2.80 bits per heavy atom. The second kappa shape index (κ2) is 7.51. The maximum atomic E-state index is 10.1. The summed E-state index contributed by atoms with van der Waals surface area (Å²) in [6.45, 7) is 2.83. The number of aromatic nitrogens is 2. The van der Waals surface area contributed by atoms with E-state index in [0.717, 1.165) is 37.5 Å². The van der Waals surface area contributed by atoms with Crippen LogP contribution in [0.4, 0.5) is 0 Å². The van der Waals surface area contributed by atoms with Gasteiger partial charge in [0.25, 0.3) is 5.89 Å². The topological polar surface area (TPSA) is 80.9 Å². The Morgan fingerprint density at radius 1 is 1.24 bits per heavy atom. The highest BCUT2D eigenvalue weighted by Crippen LogP contribution is 2.38. The fourth-order valence-corrected chi connectivity index (χ4v) is 2.86. The Balaban J connectivity index is 1.10. The first-order valence-electron chi connectivity index (χ1n) is 8.78. The van der Waals surface area contributed by atoms with Gasteiger partial charge in [-0.3, -0.25) is 4.90 Å². The second-order valence-electron chi connectivity index (χ2n) is 6.75. The highest BCUT2D eigenvalue weighted by molar-refractivity contribution is 5.20. The number of hydrogen-bond acceptors (Lipinski definition) is 7. The lowest BCUT2D eigenvalue weighted by molar-refractivity contribution is -0.0823. The van der Waals surface area contributed by atoms with Gasteiger partial charge in [-0.15, -0.1) is 0 Å². The molecule has 0 amide bonds. The van der Waals surface area contributed by atoms with E-state index in [4.69, 9.17) is 14.0 Å². The van der Waals surface area contributed by atoms with E-state index in [1.807, 2.05) is 30.3 Å². The summed E-state index contributed by atoms with van der Waals surface area (Å²) in [6.07, 6.45) is 1.96. The fraction of sp³-hybridized carbons (Fsp3) is 0.556. The van der Waals surface area contributed by atoms with Crippen molar-refractivity contribution < 1.29 is 19.1 Å². The molecular weight excluding hydrogens is 322 g/mol. The van der Waals surface area contributed by atoms with Crippen molar-refractivity contribution >= 4 is 0 Å². The van der Waals surface area contributed by atoms with Crippen molar-refractivity contribution in [1.82, 2.24) is 15.0 Å². The monoisotopic (exact) mass is 345 g/mol. The highest BCUT2D eigenvalue weighted by Gasteiger charge is 2.31. The Labute approximate surface area is 146 Å². The molecule has 2 aliphatic rings. The third-order valence-electron chi connectivity index (χ3n) is 4.45. The molecule has 1 unspecified atom stereocenters. The van der Waals surface area contributed by atoms with Crippen molar-refractivity contribution in [2.75, 3.05) is 26.2 Å². The first-order chi connectivity index (χ1) is 12.3. The van der Waals surface area contributed by atoms with Crippen LogP contribution in [0.5, 0.6) is 5.75 Å². The maximum Gasteiger partial charge on any atom is 0.252 e. The van der Waals surface area contributed by atoms with Crippen molar-refractivity contribution in [2.45, 2.75) is 37.6 Å². The van der Waals surface area contributed by atoms with E-state index < -0.39 is 6.10 Å². The van der Waals surface area contributed by atoms with Gasteiger partial charge in [0, 0.05) is 25.6 Å². The minimum Gasteiger partial charge on any atom is -0.491 e. The van der Waals surface area contributed by atoms with Gasteiger partial charge in [0.05, 0.1) is 6.10 Å². The molecule has 1 atom stereocenters. The quantitative estimate of drug-likeness (QED) is 0.739. The van der Waals surface area contributed by atoms with Crippen molar-refractivity contribution in [2.24, 2.45) is 0 Å². The molecule has 0 radical (unpaired) electrons. The predicted octanol–water partition coefficient (Wildman–Crippen LogP) is 1.59. The van der Waals surface area contributed by atoms with Gasteiger partial charge >= 0.3 is 0 Å². The van der Waals surface area contributed by atoms with Crippen LogP contribution in [0.15, 0.2) is 34.9 Å². The average molecular weight is 345 g/mol. The van der Waals surface area contributed by atoms with E-state index in [0.29, 0.717) is 25.0 Å². The molecule has 1 saturated heterocycles. The smallest absolute Gasteiger partial charge is 0.252 e. The Hall–Kier alpha value is -1.96. The molecule has 2 aromatic rings. The molecule has 7 nitrogen and oxygen atoms in total. The van der Waals surface area contributed by atoms with Crippen molar-refractivity contribution in [3.63, 3.8) is 0 Å². The number of hydrogen-bond donors (Lipinski definition) is 1. The number of aliphatic hydroxyl groups is 1. The Morgan fingerprint density at radius 2 is 2.04 bits per heavy atom. The van der Waals surface area contributed by atoms with Gasteiger partial charge in [0.1, 0.15) is 25.1 Å². The number of benzene rings is 1. The molecule has 0 bridgehead atoms. The van der Waals surface area contributed by atoms with E-state index in [9.17, 15) is 5.11 Å². The van der Waals surface area contributed by atoms with E-state index in [1.54, 1.807) is 0 Å². The normalized spacial score (nSPS) is 19.6. The van der Waals surface area contributed by atoms with Crippen LogP contribution in [0.1, 0.15) is 30.5 Å². The van der Waals surface area contributed by atoms with E-state index in [1.165, 1.54) is 0 Å². The lowest BCUT2D eigenvalue weighted by Crippen LogP contribution is -2.54. The molecule has 1 aromatic carbocycles. The fourth-order valence-electron chi connectivity index (χ4n) is 2.86. The number of rotatable bonds is 9. The van der Waals surface area contributed by atoms with Gasteiger partial charge < -0.3 is 19.1 Å². The van der Waals surface area contributed by atoms with E-state index in [2.05, 4.69) is 15.0 Å². The molecule has 0 spiro atoms. The van der Waals surface area contributed by atoms with Crippen LogP contribution in [0.2, 0.25) is 0 Å². The van der Waals surface area contributed by atoms with Crippen molar-refractivity contribution in [3.05, 3.63) is 42.0 Å². The summed E-state index contributed by atoms with van der Waals surface area (Å²) in [7, 11) is 0. The highest BCUT2D eigenvalue weighted by atomic mass is 16.5. The summed E-state index contributed by atoms with van der Waals surface area (Å²) in [5.74, 6) is 2.64. The number of likely N-dealkylation sites (tertiary alicyclic amines) is 1. The molecule has 25 heavy (non-hydrogen) atoms. The molecule has 4 rings (SSSR count). The summed E-state index contributed by atoms with van der Waals surface area (Å²) in [6, 6.07) is 9.52. The zero-order chi connectivity index (χ0) is 17.1. The summed E-state index contributed by atoms with van der Waals surface area (Å²) in [4.78, 5) is 6.50. The number of β-amino-alcohol motifs (C(OH)–C–C–N with tert-alkyl or cyclic N) is 1. The van der Waals surface area contributed by atoms with Crippen LogP contribution in [0, 0.1) is 0 Å². The van der Waals surface area contributed by atoms with Gasteiger partial charge in [-0.2, -0.15) is 4.98 Å². The summed E-state index contributed by atoms with van der Waals surface area (Å²) in [5, 5.41) is 14.0. The molecule has 1 N–H and O–H groups in total. The van der Waals surface area contributed by atoms with Gasteiger partial charge in [0.2, 0.25) is 0 Å².